The predicted octanol–water partition coefficient (Wildman–Crippen LogP) is 4.67. The molecule has 0 spiro atoms. The van der Waals surface area contributed by atoms with Gasteiger partial charge in [0, 0.05) is 6.04 Å². The summed E-state index contributed by atoms with van der Waals surface area (Å²) in [5, 5.41) is 3.76. The molecule has 3 unspecified atom stereocenters. The third-order valence-corrected chi connectivity index (χ3v) is 5.09. The van der Waals surface area contributed by atoms with Gasteiger partial charge in [0.25, 0.3) is 0 Å². The average molecular weight is 273 g/mol. The Kier molecular flexibility index (Phi) is 5.26. The number of benzene rings is 1. The van der Waals surface area contributed by atoms with Crippen LogP contribution in [0.5, 0.6) is 0 Å². The fourth-order valence-electron chi connectivity index (χ4n) is 4.06. The minimum Gasteiger partial charge on any atom is -0.314 e. The van der Waals surface area contributed by atoms with Gasteiger partial charge in [-0.2, -0.15) is 0 Å². The number of nitrogens with one attached hydrogen (secondary N) is 1. The fourth-order valence-corrected chi connectivity index (χ4v) is 4.06. The first-order chi connectivity index (χ1) is 9.53. The second kappa shape index (κ2) is 6.76. The van der Waals surface area contributed by atoms with Gasteiger partial charge < -0.3 is 5.32 Å². The third kappa shape index (κ3) is 3.85. The molecule has 0 aliphatic heterocycles. The van der Waals surface area contributed by atoms with Crippen LogP contribution >= 0.6 is 0 Å². The van der Waals surface area contributed by atoms with Gasteiger partial charge in [0.1, 0.15) is 0 Å². The maximum absolute atomic E-state index is 3.76. The highest BCUT2D eigenvalue weighted by molar-refractivity contribution is 5.16. The van der Waals surface area contributed by atoms with Crippen LogP contribution in [-0.2, 0) is 6.42 Å². The highest BCUT2D eigenvalue weighted by Crippen LogP contribution is 2.42. The van der Waals surface area contributed by atoms with E-state index < -0.39 is 0 Å². The van der Waals surface area contributed by atoms with E-state index in [1.165, 1.54) is 31.2 Å². The Labute approximate surface area is 125 Å². The number of hydrogen-bond donors (Lipinski definition) is 1. The Bertz CT molecular complexity index is 395. The SMILES string of the molecule is CCNC1CC(C)CCC1C(C)(C)Cc1ccccc1. The molecule has 1 N–H and O–H groups in total. The van der Waals surface area contributed by atoms with E-state index in [0.29, 0.717) is 11.5 Å². The topological polar surface area (TPSA) is 12.0 Å². The Balaban J connectivity index is 2.09. The molecule has 2 rings (SSSR count). The van der Waals surface area contributed by atoms with Crippen molar-refractivity contribution in [3.8, 4) is 0 Å². The van der Waals surface area contributed by atoms with Crippen LogP contribution in [0.15, 0.2) is 30.3 Å². The van der Waals surface area contributed by atoms with E-state index in [1.54, 1.807) is 0 Å². The number of hydrogen-bond acceptors (Lipinski definition) is 1. The monoisotopic (exact) mass is 273 g/mol. The van der Waals surface area contributed by atoms with E-state index in [4.69, 9.17) is 0 Å². The van der Waals surface area contributed by atoms with E-state index in [-0.39, 0.29) is 0 Å². The fraction of sp³-hybridized carbons (Fsp3) is 0.684. The third-order valence-electron chi connectivity index (χ3n) is 5.09. The van der Waals surface area contributed by atoms with Gasteiger partial charge in [-0.05, 0) is 48.6 Å². The van der Waals surface area contributed by atoms with Gasteiger partial charge in [0.05, 0.1) is 0 Å². The molecule has 1 aromatic carbocycles. The van der Waals surface area contributed by atoms with Crippen LogP contribution in [0, 0.1) is 17.3 Å². The van der Waals surface area contributed by atoms with Crippen molar-refractivity contribution in [2.24, 2.45) is 17.3 Å². The first kappa shape index (κ1) is 15.6. The van der Waals surface area contributed by atoms with Crippen LogP contribution in [0.1, 0.15) is 52.5 Å². The molecule has 0 aromatic heterocycles. The summed E-state index contributed by atoms with van der Waals surface area (Å²) < 4.78 is 0. The van der Waals surface area contributed by atoms with Crippen molar-refractivity contribution in [3.05, 3.63) is 35.9 Å². The molecule has 1 aliphatic carbocycles. The minimum absolute atomic E-state index is 0.369. The lowest BCUT2D eigenvalue weighted by atomic mass is 9.64. The molecule has 0 heterocycles. The van der Waals surface area contributed by atoms with Gasteiger partial charge in [-0.1, -0.05) is 64.4 Å². The van der Waals surface area contributed by atoms with Crippen molar-refractivity contribution in [1.29, 1.82) is 0 Å². The molecule has 0 saturated heterocycles. The smallest absolute Gasteiger partial charge is 0.0103 e. The molecule has 0 amide bonds. The lowest BCUT2D eigenvalue weighted by Crippen LogP contribution is -2.47. The van der Waals surface area contributed by atoms with E-state index in [0.717, 1.165) is 18.4 Å². The average Bonchev–Trinajstić information content (AvgIpc) is 2.39. The standard InChI is InChI=1S/C19H31N/c1-5-20-18-13-15(2)11-12-17(18)19(3,4)14-16-9-7-6-8-10-16/h6-10,15,17-18,20H,5,11-14H2,1-4H3. The van der Waals surface area contributed by atoms with Crippen LogP contribution in [0.2, 0.25) is 0 Å². The molecule has 1 aromatic rings. The van der Waals surface area contributed by atoms with Crippen LogP contribution in [0.25, 0.3) is 0 Å². The zero-order valence-electron chi connectivity index (χ0n) is 13.7. The van der Waals surface area contributed by atoms with E-state index in [2.05, 4.69) is 63.3 Å². The van der Waals surface area contributed by atoms with Gasteiger partial charge in [-0.3, -0.25) is 0 Å². The van der Waals surface area contributed by atoms with Gasteiger partial charge in [-0.25, -0.2) is 0 Å². The summed E-state index contributed by atoms with van der Waals surface area (Å²) in [6.45, 7) is 10.7. The highest BCUT2D eigenvalue weighted by Gasteiger charge is 2.38. The minimum atomic E-state index is 0.369. The molecule has 0 bridgehead atoms. The summed E-state index contributed by atoms with van der Waals surface area (Å²) in [4.78, 5) is 0. The van der Waals surface area contributed by atoms with Crippen molar-refractivity contribution < 1.29 is 0 Å². The summed E-state index contributed by atoms with van der Waals surface area (Å²) >= 11 is 0. The van der Waals surface area contributed by atoms with Crippen LogP contribution < -0.4 is 5.32 Å². The summed E-state index contributed by atoms with van der Waals surface area (Å²) in [7, 11) is 0. The molecule has 3 atom stereocenters. The molecule has 1 aliphatic rings. The Morgan fingerprint density at radius 2 is 1.85 bits per heavy atom. The highest BCUT2D eigenvalue weighted by atomic mass is 14.9. The Morgan fingerprint density at radius 1 is 1.15 bits per heavy atom. The van der Waals surface area contributed by atoms with E-state index in [9.17, 15) is 0 Å². The van der Waals surface area contributed by atoms with Gasteiger partial charge in [0.2, 0.25) is 0 Å². The molecule has 1 fully saturated rings. The maximum Gasteiger partial charge on any atom is 0.0103 e. The summed E-state index contributed by atoms with van der Waals surface area (Å²) in [5.41, 5.74) is 1.85. The van der Waals surface area contributed by atoms with Gasteiger partial charge >= 0.3 is 0 Å². The lowest BCUT2D eigenvalue weighted by molar-refractivity contribution is 0.0950. The summed E-state index contributed by atoms with van der Waals surface area (Å²) in [6.07, 6.45) is 5.30. The maximum atomic E-state index is 3.76. The van der Waals surface area contributed by atoms with Crippen molar-refractivity contribution >= 4 is 0 Å². The van der Waals surface area contributed by atoms with Crippen molar-refractivity contribution in [1.82, 2.24) is 5.32 Å². The molecule has 1 nitrogen and oxygen atoms in total. The molecule has 112 valence electrons. The molecule has 1 heteroatoms. The van der Waals surface area contributed by atoms with E-state index >= 15 is 0 Å². The summed E-state index contributed by atoms with van der Waals surface area (Å²) in [5.74, 6) is 1.67. The second-order valence-corrected chi connectivity index (χ2v) is 7.34. The normalized spacial score (nSPS) is 27.5. The van der Waals surface area contributed by atoms with Gasteiger partial charge in [-0.15, -0.1) is 0 Å². The van der Waals surface area contributed by atoms with Crippen LogP contribution in [0.3, 0.4) is 0 Å². The Morgan fingerprint density at radius 3 is 2.50 bits per heavy atom. The molecule has 20 heavy (non-hydrogen) atoms. The largest absolute Gasteiger partial charge is 0.314 e. The quantitative estimate of drug-likeness (QED) is 0.822. The second-order valence-electron chi connectivity index (χ2n) is 7.34. The first-order valence-corrected chi connectivity index (χ1v) is 8.30. The summed E-state index contributed by atoms with van der Waals surface area (Å²) in [6, 6.07) is 11.7. The molecular weight excluding hydrogens is 242 g/mol. The van der Waals surface area contributed by atoms with Gasteiger partial charge in [0.15, 0.2) is 0 Å². The molecule has 1 saturated carbocycles. The molecule has 0 radical (unpaired) electrons. The zero-order chi connectivity index (χ0) is 14.6. The lowest BCUT2D eigenvalue weighted by Gasteiger charge is -2.45. The van der Waals surface area contributed by atoms with Crippen LogP contribution in [-0.4, -0.2) is 12.6 Å². The van der Waals surface area contributed by atoms with Crippen molar-refractivity contribution in [2.45, 2.75) is 59.4 Å². The number of rotatable bonds is 5. The Hall–Kier alpha value is -0.820. The predicted molar refractivity (Wildman–Crippen MR) is 87.9 cm³/mol. The molecular formula is C19H31N. The van der Waals surface area contributed by atoms with E-state index in [1.807, 2.05) is 0 Å². The van der Waals surface area contributed by atoms with Crippen molar-refractivity contribution in [2.75, 3.05) is 6.54 Å². The van der Waals surface area contributed by atoms with Crippen molar-refractivity contribution in [3.63, 3.8) is 0 Å². The zero-order valence-corrected chi connectivity index (χ0v) is 13.7. The van der Waals surface area contributed by atoms with Crippen LogP contribution in [0.4, 0.5) is 0 Å². The first-order valence-electron chi connectivity index (χ1n) is 8.30.